The smallest absolute Gasteiger partial charge is 0.324 e. The van der Waals surface area contributed by atoms with Crippen LogP contribution < -0.4 is 10.2 Å². The molecule has 1 heterocycles. The third kappa shape index (κ3) is 4.15. The van der Waals surface area contributed by atoms with Gasteiger partial charge in [-0.25, -0.2) is 4.39 Å². The van der Waals surface area contributed by atoms with E-state index in [1.165, 1.54) is 19.2 Å². The third-order valence-electron chi connectivity index (χ3n) is 3.84. The fourth-order valence-corrected chi connectivity index (χ4v) is 2.52. The Morgan fingerprint density at radius 2 is 1.90 bits per heavy atom. The molecule has 0 saturated carbocycles. The van der Waals surface area contributed by atoms with Crippen molar-refractivity contribution in [2.45, 2.75) is 6.04 Å². The standard InChI is InChI=1S/C15H22FN3O2/c1-17-14(15(20)21-2)11-18-7-9-19(10-8-18)13-5-3-12(16)4-6-13/h3-6,14,17H,7-11H2,1-2H3. The molecule has 1 aromatic rings. The summed E-state index contributed by atoms with van der Waals surface area (Å²) in [6, 6.07) is 6.27. The van der Waals surface area contributed by atoms with Crippen LogP contribution in [0, 0.1) is 5.82 Å². The zero-order valence-electron chi connectivity index (χ0n) is 12.5. The minimum Gasteiger partial charge on any atom is -0.468 e. The molecule has 116 valence electrons. The van der Waals surface area contributed by atoms with E-state index in [2.05, 4.69) is 15.1 Å². The second kappa shape index (κ2) is 7.38. The quantitative estimate of drug-likeness (QED) is 0.811. The van der Waals surface area contributed by atoms with Crippen LogP contribution in [0.25, 0.3) is 0 Å². The average molecular weight is 295 g/mol. The number of carbonyl (C=O) groups excluding carboxylic acids is 1. The summed E-state index contributed by atoms with van der Waals surface area (Å²) in [6.45, 7) is 4.10. The summed E-state index contributed by atoms with van der Waals surface area (Å²) in [5.74, 6) is -0.453. The summed E-state index contributed by atoms with van der Waals surface area (Å²) in [5.41, 5.74) is 1.04. The molecular formula is C15H22FN3O2. The number of anilines is 1. The van der Waals surface area contributed by atoms with E-state index in [1.54, 1.807) is 19.2 Å². The molecule has 1 atom stereocenters. The van der Waals surface area contributed by atoms with Crippen LogP contribution in [-0.4, -0.2) is 63.8 Å². The number of carbonyl (C=O) groups is 1. The molecule has 1 aliphatic rings. The van der Waals surface area contributed by atoms with Crippen LogP contribution in [0.4, 0.5) is 10.1 Å². The Morgan fingerprint density at radius 3 is 2.43 bits per heavy atom. The molecule has 2 rings (SSSR count). The first kappa shape index (κ1) is 15.7. The zero-order chi connectivity index (χ0) is 15.2. The van der Waals surface area contributed by atoms with E-state index in [0.717, 1.165) is 31.9 Å². The molecule has 5 nitrogen and oxygen atoms in total. The Morgan fingerprint density at radius 1 is 1.29 bits per heavy atom. The van der Waals surface area contributed by atoms with E-state index in [-0.39, 0.29) is 17.8 Å². The molecule has 1 N–H and O–H groups in total. The van der Waals surface area contributed by atoms with Crippen LogP contribution in [0.1, 0.15) is 0 Å². The minimum atomic E-state index is -0.299. The number of ether oxygens (including phenoxy) is 1. The van der Waals surface area contributed by atoms with Crippen molar-refractivity contribution >= 4 is 11.7 Å². The number of hydrogen-bond donors (Lipinski definition) is 1. The Balaban J connectivity index is 1.85. The van der Waals surface area contributed by atoms with Crippen molar-refractivity contribution in [1.82, 2.24) is 10.2 Å². The maximum atomic E-state index is 12.9. The maximum absolute atomic E-state index is 12.9. The first-order valence-corrected chi connectivity index (χ1v) is 7.12. The lowest BCUT2D eigenvalue weighted by Crippen LogP contribution is -2.52. The van der Waals surface area contributed by atoms with Crippen molar-refractivity contribution in [2.24, 2.45) is 0 Å². The normalized spacial score (nSPS) is 17.6. The van der Waals surface area contributed by atoms with Crippen molar-refractivity contribution in [3.8, 4) is 0 Å². The van der Waals surface area contributed by atoms with Crippen LogP contribution in [0.2, 0.25) is 0 Å². The van der Waals surface area contributed by atoms with E-state index in [4.69, 9.17) is 4.74 Å². The highest BCUT2D eigenvalue weighted by molar-refractivity contribution is 5.75. The van der Waals surface area contributed by atoms with Gasteiger partial charge in [0.2, 0.25) is 0 Å². The summed E-state index contributed by atoms with van der Waals surface area (Å²) in [7, 11) is 3.16. The van der Waals surface area contributed by atoms with Gasteiger partial charge < -0.3 is 15.0 Å². The topological polar surface area (TPSA) is 44.8 Å². The number of nitrogens with zero attached hydrogens (tertiary/aromatic N) is 2. The summed E-state index contributed by atoms with van der Waals surface area (Å²) in [6.07, 6.45) is 0. The van der Waals surface area contributed by atoms with Gasteiger partial charge in [-0.15, -0.1) is 0 Å². The average Bonchev–Trinajstić information content (AvgIpc) is 2.53. The number of hydrogen-bond acceptors (Lipinski definition) is 5. The lowest BCUT2D eigenvalue weighted by molar-refractivity contribution is -0.143. The Bertz CT molecular complexity index is 458. The number of methoxy groups -OCH3 is 1. The van der Waals surface area contributed by atoms with Gasteiger partial charge in [0.1, 0.15) is 11.9 Å². The highest BCUT2D eigenvalue weighted by Gasteiger charge is 2.23. The van der Waals surface area contributed by atoms with Gasteiger partial charge in [-0.3, -0.25) is 9.69 Å². The van der Waals surface area contributed by atoms with Gasteiger partial charge in [0.15, 0.2) is 0 Å². The number of rotatable bonds is 5. The van der Waals surface area contributed by atoms with Crippen LogP contribution >= 0.6 is 0 Å². The minimum absolute atomic E-state index is 0.215. The van der Waals surface area contributed by atoms with Gasteiger partial charge in [0.25, 0.3) is 0 Å². The first-order valence-electron chi connectivity index (χ1n) is 7.12. The number of piperazine rings is 1. The molecule has 0 radical (unpaired) electrons. The summed E-state index contributed by atoms with van der Waals surface area (Å²) in [5, 5.41) is 2.98. The highest BCUT2D eigenvalue weighted by Crippen LogP contribution is 2.17. The Hall–Kier alpha value is -1.66. The van der Waals surface area contributed by atoms with Crippen LogP contribution in [-0.2, 0) is 9.53 Å². The molecule has 0 aromatic heterocycles. The summed E-state index contributed by atoms with van der Waals surface area (Å²) >= 11 is 0. The van der Waals surface area contributed by atoms with Crippen LogP contribution in [0.3, 0.4) is 0 Å². The maximum Gasteiger partial charge on any atom is 0.324 e. The van der Waals surface area contributed by atoms with Crippen molar-refractivity contribution in [2.75, 3.05) is 51.8 Å². The van der Waals surface area contributed by atoms with E-state index < -0.39 is 0 Å². The van der Waals surface area contributed by atoms with Gasteiger partial charge in [-0.05, 0) is 31.3 Å². The van der Waals surface area contributed by atoms with E-state index >= 15 is 0 Å². The van der Waals surface area contributed by atoms with Crippen molar-refractivity contribution in [3.05, 3.63) is 30.1 Å². The van der Waals surface area contributed by atoms with Gasteiger partial charge in [-0.1, -0.05) is 0 Å². The monoisotopic (exact) mass is 295 g/mol. The fraction of sp³-hybridized carbons (Fsp3) is 0.533. The molecule has 0 bridgehead atoms. The summed E-state index contributed by atoms with van der Waals surface area (Å²) < 4.78 is 17.7. The van der Waals surface area contributed by atoms with Gasteiger partial charge in [-0.2, -0.15) is 0 Å². The molecule has 1 fully saturated rings. The molecule has 0 amide bonds. The lowest BCUT2D eigenvalue weighted by atomic mass is 10.2. The second-order valence-corrected chi connectivity index (χ2v) is 5.13. The molecule has 1 aromatic carbocycles. The third-order valence-corrected chi connectivity index (χ3v) is 3.84. The van der Waals surface area contributed by atoms with E-state index in [0.29, 0.717) is 6.54 Å². The lowest BCUT2D eigenvalue weighted by Gasteiger charge is -2.37. The van der Waals surface area contributed by atoms with Gasteiger partial charge in [0, 0.05) is 38.4 Å². The Kier molecular flexibility index (Phi) is 5.52. The van der Waals surface area contributed by atoms with E-state index in [1.807, 2.05) is 0 Å². The number of likely N-dealkylation sites (N-methyl/N-ethyl adjacent to an activating group) is 1. The molecule has 0 spiro atoms. The predicted octanol–water partition coefficient (Wildman–Crippen LogP) is 0.709. The zero-order valence-corrected chi connectivity index (χ0v) is 12.5. The molecular weight excluding hydrogens is 273 g/mol. The van der Waals surface area contributed by atoms with Gasteiger partial charge >= 0.3 is 5.97 Å². The predicted molar refractivity (Wildman–Crippen MR) is 79.9 cm³/mol. The SMILES string of the molecule is CNC(CN1CCN(c2ccc(F)cc2)CC1)C(=O)OC. The molecule has 21 heavy (non-hydrogen) atoms. The molecule has 6 heteroatoms. The second-order valence-electron chi connectivity index (χ2n) is 5.13. The van der Waals surface area contributed by atoms with Crippen molar-refractivity contribution in [1.29, 1.82) is 0 Å². The number of halogens is 1. The van der Waals surface area contributed by atoms with Crippen molar-refractivity contribution < 1.29 is 13.9 Å². The van der Waals surface area contributed by atoms with Gasteiger partial charge in [0.05, 0.1) is 7.11 Å². The van der Waals surface area contributed by atoms with E-state index in [9.17, 15) is 9.18 Å². The highest BCUT2D eigenvalue weighted by atomic mass is 19.1. The number of nitrogens with one attached hydrogen (secondary N) is 1. The van der Waals surface area contributed by atoms with Crippen LogP contribution in [0.15, 0.2) is 24.3 Å². The van der Waals surface area contributed by atoms with Crippen LogP contribution in [0.5, 0.6) is 0 Å². The number of esters is 1. The summed E-state index contributed by atoms with van der Waals surface area (Å²) in [4.78, 5) is 16.0. The largest absolute Gasteiger partial charge is 0.468 e. The first-order chi connectivity index (χ1) is 10.1. The molecule has 1 saturated heterocycles. The molecule has 0 aliphatic carbocycles. The van der Waals surface area contributed by atoms with Crippen molar-refractivity contribution in [3.63, 3.8) is 0 Å². The Labute approximate surface area is 124 Å². The number of benzene rings is 1. The fourth-order valence-electron chi connectivity index (χ4n) is 2.52. The molecule has 1 aliphatic heterocycles. The molecule has 1 unspecified atom stereocenters.